The van der Waals surface area contributed by atoms with E-state index in [1.54, 1.807) is 25.1 Å². The van der Waals surface area contributed by atoms with E-state index in [0.29, 0.717) is 22.2 Å². The average molecular weight is 509 g/mol. The van der Waals surface area contributed by atoms with E-state index < -0.39 is 22.5 Å². The molecule has 0 fully saturated rings. The van der Waals surface area contributed by atoms with Crippen molar-refractivity contribution in [3.05, 3.63) is 105 Å². The molecule has 0 saturated carbocycles. The van der Waals surface area contributed by atoms with Gasteiger partial charge in [0.05, 0.1) is 11.1 Å². The molecule has 1 heterocycles. The van der Waals surface area contributed by atoms with Gasteiger partial charge in [-0.15, -0.1) is 0 Å². The number of anilines is 1. The normalized spacial score (nSPS) is 12.9. The van der Waals surface area contributed by atoms with Crippen molar-refractivity contribution >= 4 is 22.4 Å². The highest BCUT2D eigenvalue weighted by Crippen LogP contribution is 2.33. The number of carbonyl (C=O) groups excluding carboxylic acids is 1. The smallest absolute Gasteiger partial charge is 0.366 e. The van der Waals surface area contributed by atoms with Crippen LogP contribution in [0.25, 0.3) is 10.8 Å². The third-order valence-corrected chi connectivity index (χ3v) is 7.03. The lowest BCUT2D eigenvalue weighted by Crippen LogP contribution is -2.46. The SMILES string of the molecule is Cc1cc(C)c(C#CC(O)(CC(C)(C)c2ccccc2)C(=O)Nc2ccc3c(=O)onc(C)c3c2)cc1C. The van der Waals surface area contributed by atoms with E-state index in [4.69, 9.17) is 4.52 Å². The zero-order valence-corrected chi connectivity index (χ0v) is 22.6. The van der Waals surface area contributed by atoms with Gasteiger partial charge in [-0.05, 0) is 79.6 Å². The quantitative estimate of drug-likeness (QED) is 0.347. The van der Waals surface area contributed by atoms with E-state index in [1.165, 1.54) is 0 Å². The van der Waals surface area contributed by atoms with Gasteiger partial charge < -0.3 is 14.9 Å². The van der Waals surface area contributed by atoms with Gasteiger partial charge in [-0.2, -0.15) is 0 Å². The predicted octanol–water partition coefficient (Wildman–Crippen LogP) is 5.51. The second-order valence-corrected chi connectivity index (χ2v) is 10.6. The Morgan fingerprint density at radius 1 is 0.947 bits per heavy atom. The minimum Gasteiger partial charge on any atom is -0.369 e. The van der Waals surface area contributed by atoms with Crippen LogP contribution in [-0.4, -0.2) is 21.8 Å². The van der Waals surface area contributed by atoms with Crippen LogP contribution in [0.15, 0.2) is 70.0 Å². The van der Waals surface area contributed by atoms with Crippen LogP contribution in [0.5, 0.6) is 0 Å². The van der Waals surface area contributed by atoms with Crippen LogP contribution in [0.2, 0.25) is 0 Å². The second-order valence-electron chi connectivity index (χ2n) is 10.6. The number of rotatable bonds is 5. The summed E-state index contributed by atoms with van der Waals surface area (Å²) in [5, 5.41) is 19.4. The molecule has 0 aliphatic rings. The summed E-state index contributed by atoms with van der Waals surface area (Å²) in [5.74, 6) is 5.35. The van der Waals surface area contributed by atoms with Crippen LogP contribution < -0.4 is 10.9 Å². The van der Waals surface area contributed by atoms with Crippen LogP contribution in [0.4, 0.5) is 5.69 Å². The molecule has 0 saturated heterocycles. The number of aromatic nitrogens is 1. The Labute approximate surface area is 222 Å². The summed E-state index contributed by atoms with van der Waals surface area (Å²) >= 11 is 0. The zero-order chi connectivity index (χ0) is 27.7. The lowest BCUT2D eigenvalue weighted by atomic mass is 9.75. The highest BCUT2D eigenvalue weighted by atomic mass is 16.5. The van der Waals surface area contributed by atoms with Gasteiger partial charge in [-0.1, -0.05) is 67.2 Å². The van der Waals surface area contributed by atoms with Crippen LogP contribution in [-0.2, 0) is 10.2 Å². The molecule has 4 rings (SSSR count). The summed E-state index contributed by atoms with van der Waals surface area (Å²) in [6.45, 7) is 11.7. The first-order valence-corrected chi connectivity index (χ1v) is 12.5. The van der Waals surface area contributed by atoms with Gasteiger partial charge in [0.1, 0.15) is 0 Å². The molecule has 0 radical (unpaired) electrons. The van der Waals surface area contributed by atoms with E-state index >= 15 is 0 Å². The van der Waals surface area contributed by atoms with Gasteiger partial charge in [-0.3, -0.25) is 4.79 Å². The Bertz CT molecular complexity index is 1640. The molecule has 38 heavy (non-hydrogen) atoms. The Morgan fingerprint density at radius 3 is 2.34 bits per heavy atom. The van der Waals surface area contributed by atoms with Crippen molar-refractivity contribution in [3.8, 4) is 11.8 Å². The third-order valence-electron chi connectivity index (χ3n) is 7.03. The van der Waals surface area contributed by atoms with Gasteiger partial charge in [-0.25, -0.2) is 4.79 Å². The highest BCUT2D eigenvalue weighted by molar-refractivity contribution is 6.01. The van der Waals surface area contributed by atoms with Crippen molar-refractivity contribution in [2.45, 2.75) is 59.0 Å². The summed E-state index contributed by atoms with van der Waals surface area (Å²) in [6.07, 6.45) is 0.0600. The molecule has 4 aromatic rings. The Hall–Kier alpha value is -4.21. The lowest BCUT2D eigenvalue weighted by molar-refractivity contribution is -0.130. The Balaban J connectivity index is 1.75. The van der Waals surface area contributed by atoms with Crippen molar-refractivity contribution in [1.29, 1.82) is 0 Å². The number of hydrogen-bond donors (Lipinski definition) is 2. The van der Waals surface area contributed by atoms with Gasteiger partial charge >= 0.3 is 5.63 Å². The van der Waals surface area contributed by atoms with Gasteiger partial charge in [0, 0.05) is 23.1 Å². The minimum atomic E-state index is -2.01. The molecular weight excluding hydrogens is 476 g/mol. The molecule has 1 amide bonds. The molecule has 194 valence electrons. The fourth-order valence-corrected chi connectivity index (χ4v) is 4.62. The number of nitrogens with zero attached hydrogens (tertiary/aromatic N) is 1. The van der Waals surface area contributed by atoms with Crippen LogP contribution in [0.3, 0.4) is 0 Å². The number of nitrogens with one attached hydrogen (secondary N) is 1. The van der Waals surface area contributed by atoms with E-state index in [1.807, 2.05) is 77.1 Å². The lowest BCUT2D eigenvalue weighted by Gasteiger charge is -2.32. The molecule has 6 nitrogen and oxygen atoms in total. The maximum Gasteiger partial charge on any atom is 0.366 e. The first-order valence-electron chi connectivity index (χ1n) is 12.5. The first kappa shape index (κ1) is 26.8. The topological polar surface area (TPSA) is 92.4 Å². The Morgan fingerprint density at radius 2 is 1.63 bits per heavy atom. The second kappa shape index (κ2) is 10.3. The van der Waals surface area contributed by atoms with Gasteiger partial charge in [0.15, 0.2) is 0 Å². The number of carbonyl (C=O) groups is 1. The maximum absolute atomic E-state index is 13.7. The van der Waals surface area contributed by atoms with Gasteiger partial charge in [0.2, 0.25) is 5.60 Å². The first-order chi connectivity index (χ1) is 17.9. The van der Waals surface area contributed by atoms with E-state index in [-0.39, 0.29) is 6.42 Å². The van der Waals surface area contributed by atoms with Crippen LogP contribution in [0, 0.1) is 39.5 Å². The highest BCUT2D eigenvalue weighted by Gasteiger charge is 2.41. The molecule has 2 N–H and O–H groups in total. The predicted molar refractivity (Wildman–Crippen MR) is 150 cm³/mol. The van der Waals surface area contributed by atoms with E-state index in [0.717, 1.165) is 27.8 Å². The molecule has 1 unspecified atom stereocenters. The molecule has 0 aliphatic carbocycles. The number of fused-ring (bicyclic) bond motifs is 1. The number of amides is 1. The summed E-state index contributed by atoms with van der Waals surface area (Å²) < 4.78 is 4.79. The molecule has 6 heteroatoms. The number of benzene rings is 3. The monoisotopic (exact) mass is 508 g/mol. The van der Waals surface area contributed by atoms with Crippen LogP contribution in [0.1, 0.15) is 53.8 Å². The van der Waals surface area contributed by atoms with Gasteiger partial charge in [0.25, 0.3) is 5.91 Å². The molecule has 1 aromatic heterocycles. The number of aryl methyl sites for hydroxylation is 4. The molecule has 0 aliphatic heterocycles. The van der Waals surface area contributed by atoms with E-state index in [9.17, 15) is 14.7 Å². The van der Waals surface area contributed by atoms with Crippen molar-refractivity contribution in [1.82, 2.24) is 5.16 Å². The molecule has 1 atom stereocenters. The summed E-state index contributed by atoms with van der Waals surface area (Å²) in [4.78, 5) is 25.7. The van der Waals surface area contributed by atoms with Crippen LogP contribution >= 0.6 is 0 Å². The average Bonchev–Trinajstić information content (AvgIpc) is 2.88. The maximum atomic E-state index is 13.7. The Kier molecular flexibility index (Phi) is 7.26. The fourth-order valence-electron chi connectivity index (χ4n) is 4.62. The van der Waals surface area contributed by atoms with Crippen molar-refractivity contribution in [2.75, 3.05) is 5.32 Å². The zero-order valence-electron chi connectivity index (χ0n) is 22.6. The van der Waals surface area contributed by atoms with Crippen molar-refractivity contribution in [2.24, 2.45) is 0 Å². The summed E-state index contributed by atoms with van der Waals surface area (Å²) in [6, 6.07) is 18.6. The summed E-state index contributed by atoms with van der Waals surface area (Å²) in [5.41, 5.74) is 2.75. The summed E-state index contributed by atoms with van der Waals surface area (Å²) in [7, 11) is 0. The molecular formula is C32H32N2O4. The molecule has 0 bridgehead atoms. The number of hydrogen-bond acceptors (Lipinski definition) is 5. The van der Waals surface area contributed by atoms with E-state index in [2.05, 4.69) is 22.3 Å². The standard InChI is InChI=1S/C32H32N2O4/c1-20-16-22(3)24(17-21(20)2)14-15-32(37,19-31(5,6)25-10-8-7-9-11-25)30(36)33-26-12-13-27-28(18-26)23(4)34-38-29(27)35/h7-13,16-18,37H,19H2,1-6H3,(H,33,36). The minimum absolute atomic E-state index is 0.0600. The molecule has 0 spiro atoms. The third kappa shape index (κ3) is 5.53. The fraction of sp³-hybridized carbons (Fsp3) is 0.281. The van der Waals surface area contributed by atoms with Crippen molar-refractivity contribution < 1.29 is 14.4 Å². The number of aliphatic hydroxyl groups is 1. The van der Waals surface area contributed by atoms with Crippen molar-refractivity contribution in [3.63, 3.8) is 0 Å². The molecule has 3 aromatic carbocycles. The largest absolute Gasteiger partial charge is 0.369 e.